The Balaban J connectivity index is 0.000000168. The van der Waals surface area contributed by atoms with E-state index in [1.54, 1.807) is 67.0 Å². The second kappa shape index (κ2) is 20.6. The summed E-state index contributed by atoms with van der Waals surface area (Å²) in [6.45, 7) is 10.8. The Bertz CT molecular complexity index is 4120. The van der Waals surface area contributed by atoms with Crippen LogP contribution in [0, 0.1) is 19.2 Å². The molecule has 12 rings (SSSR count). The average Bonchev–Trinajstić information content (AvgIpc) is 3.89. The van der Waals surface area contributed by atoms with E-state index in [9.17, 15) is 49.7 Å². The number of para-hydroxylation sites is 1. The predicted octanol–water partition coefficient (Wildman–Crippen LogP) is 16.1. The number of furan rings is 1. The molecule has 0 bridgehead atoms. The number of fused-ring (bicyclic) bond motifs is 7. The van der Waals surface area contributed by atoms with Crippen LogP contribution in [-0.2, 0) is 38.6 Å². The van der Waals surface area contributed by atoms with Gasteiger partial charge in [-0.15, -0.1) is 22.6 Å². The summed E-state index contributed by atoms with van der Waals surface area (Å²) in [5, 5.41) is 51.6. The van der Waals surface area contributed by atoms with Crippen molar-refractivity contribution in [2.45, 2.75) is 18.5 Å². The van der Waals surface area contributed by atoms with E-state index in [4.69, 9.17) is 22.3 Å². The summed E-state index contributed by atoms with van der Waals surface area (Å²) in [4.78, 5) is 0. The molecular formula is C57H30F9IrN6O4. The third-order valence-corrected chi connectivity index (χ3v) is 11.9. The SMILES string of the molecule is FC(F)(F)c1cc(Oc2nnc(-c3[c-]c4ccccc4o3)c3cc4ccccc4cc23)c(C(F)(F)F)c(C(F)(F)F)c1.[CH-]=C(O)c1nncc2cc3ccccc3cc12.[CH-]=C(O)c1nncc2cc3ccccc3cc12.[Ir+3]. The molecule has 4 aromatic heterocycles. The van der Waals surface area contributed by atoms with Crippen molar-refractivity contribution < 1.29 is 79.0 Å². The molecule has 0 spiro atoms. The summed E-state index contributed by atoms with van der Waals surface area (Å²) in [5.41, 5.74) is -5.84. The second-order valence-corrected chi connectivity index (χ2v) is 16.9. The van der Waals surface area contributed by atoms with Gasteiger partial charge in [0.15, 0.2) is 0 Å². The number of aliphatic hydroxyl groups excluding tert-OH is 2. The summed E-state index contributed by atoms with van der Waals surface area (Å²) >= 11 is 0. The molecule has 0 amide bonds. The van der Waals surface area contributed by atoms with Gasteiger partial charge in [-0.3, -0.25) is 0 Å². The molecule has 0 aliphatic rings. The van der Waals surface area contributed by atoms with Gasteiger partial charge in [-0.25, -0.2) is 23.4 Å². The summed E-state index contributed by atoms with van der Waals surface area (Å²) in [6, 6.07) is 42.6. The van der Waals surface area contributed by atoms with Gasteiger partial charge < -0.3 is 19.4 Å². The zero-order valence-electron chi connectivity index (χ0n) is 38.8. The van der Waals surface area contributed by atoms with Crippen molar-refractivity contribution in [2.24, 2.45) is 0 Å². The zero-order chi connectivity index (χ0) is 53.7. The smallest absolute Gasteiger partial charge is 0.544 e. The first-order valence-electron chi connectivity index (χ1n) is 22.3. The largest absolute Gasteiger partial charge is 3.00 e. The number of nitrogens with zero attached hydrogens (tertiary/aromatic N) is 6. The molecule has 4 heterocycles. The summed E-state index contributed by atoms with van der Waals surface area (Å²) in [5.74, 6) is -3.02. The molecule has 0 saturated carbocycles. The van der Waals surface area contributed by atoms with Crippen molar-refractivity contribution in [3.63, 3.8) is 0 Å². The Labute approximate surface area is 441 Å². The molecule has 0 saturated heterocycles. The number of aromatic nitrogens is 6. The molecule has 77 heavy (non-hydrogen) atoms. The fourth-order valence-corrected chi connectivity index (χ4v) is 8.49. The van der Waals surface area contributed by atoms with Crippen LogP contribution in [0.4, 0.5) is 39.5 Å². The van der Waals surface area contributed by atoms with Gasteiger partial charge in [-0.05, 0) is 102 Å². The molecule has 0 radical (unpaired) electrons. The Kier molecular flexibility index (Phi) is 14.1. The Morgan fingerprint density at radius 1 is 0.494 bits per heavy atom. The Morgan fingerprint density at radius 2 is 0.948 bits per heavy atom. The standard InChI is InChI=1S/C29H12F9N2O2.2C14H9N2O.Ir/c30-27(31,32)17-12-20(28(33,34)35)24(29(36,37)38)22(13-17)42-26-19-10-15-6-2-1-5-14(15)9-18(19)25(39-40-26)23-11-16-7-3-4-8-21(16)41-23;2*1-9(17)14-13-7-11-5-3-2-4-10(11)6-12(13)8-15-16-14;/h1-10,12-13H;2*1-8,17H;/q3*-1;+3. The van der Waals surface area contributed by atoms with Crippen LogP contribution in [0.25, 0.3) is 98.6 Å². The minimum Gasteiger partial charge on any atom is -0.544 e. The molecule has 0 unspecified atom stereocenters. The molecule has 0 fully saturated rings. The monoisotopic (exact) mass is 1230 g/mol. The van der Waals surface area contributed by atoms with E-state index in [0.717, 1.165) is 43.1 Å². The van der Waals surface area contributed by atoms with Crippen LogP contribution in [0.15, 0.2) is 162 Å². The van der Waals surface area contributed by atoms with E-state index in [0.29, 0.717) is 33.1 Å². The van der Waals surface area contributed by atoms with Crippen LogP contribution in [0.1, 0.15) is 28.1 Å². The number of hydrogen-bond acceptors (Lipinski definition) is 10. The first-order valence-corrected chi connectivity index (χ1v) is 22.3. The molecule has 0 atom stereocenters. The van der Waals surface area contributed by atoms with E-state index >= 15 is 0 Å². The van der Waals surface area contributed by atoms with Gasteiger partial charge in [-0.1, -0.05) is 120 Å². The minimum atomic E-state index is -5.80. The van der Waals surface area contributed by atoms with Gasteiger partial charge >= 0.3 is 38.6 Å². The molecule has 10 nitrogen and oxygen atoms in total. The van der Waals surface area contributed by atoms with Crippen LogP contribution in [0.3, 0.4) is 0 Å². The number of halogens is 9. The molecule has 12 aromatic rings. The van der Waals surface area contributed by atoms with Crippen LogP contribution in [0.2, 0.25) is 0 Å². The summed E-state index contributed by atoms with van der Waals surface area (Å²) < 4.78 is 134. The maximum Gasteiger partial charge on any atom is 3.00 e. The first-order chi connectivity index (χ1) is 36.2. The summed E-state index contributed by atoms with van der Waals surface area (Å²) in [7, 11) is 0. The Morgan fingerprint density at radius 3 is 1.40 bits per heavy atom. The van der Waals surface area contributed by atoms with Gasteiger partial charge in [0, 0.05) is 11.0 Å². The van der Waals surface area contributed by atoms with Crippen molar-refractivity contribution >= 4 is 87.1 Å². The van der Waals surface area contributed by atoms with Crippen molar-refractivity contribution in [3.8, 4) is 23.1 Å². The number of benzene rings is 8. The fourth-order valence-electron chi connectivity index (χ4n) is 8.49. The van der Waals surface area contributed by atoms with Crippen molar-refractivity contribution in [2.75, 3.05) is 0 Å². The van der Waals surface area contributed by atoms with Crippen LogP contribution in [0.5, 0.6) is 11.6 Å². The van der Waals surface area contributed by atoms with E-state index in [1.165, 1.54) is 6.07 Å². The first kappa shape index (κ1) is 52.8. The van der Waals surface area contributed by atoms with Crippen LogP contribution in [-0.4, -0.2) is 40.8 Å². The second-order valence-electron chi connectivity index (χ2n) is 16.9. The molecule has 0 aliphatic heterocycles. The number of alkyl halides is 9. The van der Waals surface area contributed by atoms with Gasteiger partial charge in [-0.2, -0.15) is 54.8 Å². The van der Waals surface area contributed by atoms with Crippen molar-refractivity contribution in [1.82, 2.24) is 30.6 Å². The quantitative estimate of drug-likeness (QED) is 0.0741. The Hall–Kier alpha value is -9.00. The van der Waals surface area contributed by atoms with E-state index in [-0.39, 0.29) is 59.9 Å². The summed E-state index contributed by atoms with van der Waals surface area (Å²) in [6.07, 6.45) is -13.6. The van der Waals surface area contributed by atoms with Crippen molar-refractivity contribution in [3.05, 3.63) is 205 Å². The third kappa shape index (κ3) is 10.8. The number of rotatable bonds is 5. The van der Waals surface area contributed by atoms with Crippen LogP contribution < -0.4 is 4.74 Å². The molecule has 20 heteroatoms. The van der Waals surface area contributed by atoms with Crippen molar-refractivity contribution in [1.29, 1.82) is 0 Å². The fraction of sp³-hybridized carbons (Fsp3) is 0.0526. The number of aliphatic hydroxyl groups is 2. The zero-order valence-corrected chi connectivity index (χ0v) is 41.2. The average molecular weight is 1230 g/mol. The van der Waals surface area contributed by atoms with E-state index in [1.807, 2.05) is 72.8 Å². The maximum absolute atomic E-state index is 14.0. The van der Waals surface area contributed by atoms with Gasteiger partial charge in [0.25, 0.3) is 0 Å². The molecule has 2 N–H and O–H groups in total. The normalized spacial score (nSPS) is 11.8. The van der Waals surface area contributed by atoms with Gasteiger partial charge in [0.2, 0.25) is 5.88 Å². The molecule has 8 aromatic carbocycles. The molecular weight excluding hydrogens is 1200 g/mol. The topological polar surface area (TPSA) is 140 Å². The number of hydrogen-bond donors (Lipinski definition) is 2. The maximum atomic E-state index is 14.0. The number of ether oxygens (including phenoxy) is 1. The molecule has 0 aliphatic carbocycles. The van der Waals surface area contributed by atoms with Crippen LogP contribution >= 0.6 is 0 Å². The van der Waals surface area contributed by atoms with Gasteiger partial charge in [0.1, 0.15) is 11.3 Å². The third-order valence-electron chi connectivity index (χ3n) is 11.9. The minimum absolute atomic E-state index is 0. The van der Waals surface area contributed by atoms with Gasteiger partial charge in [0.05, 0.1) is 35.0 Å². The van der Waals surface area contributed by atoms with E-state index < -0.39 is 52.9 Å². The predicted molar refractivity (Wildman–Crippen MR) is 267 cm³/mol. The van der Waals surface area contributed by atoms with E-state index in [2.05, 4.69) is 36.7 Å². The molecule has 384 valence electrons.